The van der Waals surface area contributed by atoms with Crippen molar-refractivity contribution < 1.29 is 24.5 Å². The summed E-state index contributed by atoms with van der Waals surface area (Å²) in [5, 5.41) is 26.5. The third kappa shape index (κ3) is 3.05. The van der Waals surface area contributed by atoms with Gasteiger partial charge < -0.3 is 25.0 Å². The largest absolute Gasteiger partial charge is 0.389 e. The molecular formula is C28H37NO5. The van der Waals surface area contributed by atoms with E-state index in [2.05, 4.69) is 50.4 Å². The van der Waals surface area contributed by atoms with Gasteiger partial charge in [-0.2, -0.15) is 0 Å². The minimum absolute atomic E-state index is 0.0752. The fourth-order valence-corrected chi connectivity index (χ4v) is 7.98. The summed E-state index contributed by atoms with van der Waals surface area (Å²) in [6.45, 7) is 8.25. The molecule has 1 saturated carbocycles. The predicted octanol–water partition coefficient (Wildman–Crippen LogP) is 2.62. The van der Waals surface area contributed by atoms with E-state index < -0.39 is 29.3 Å². The molecule has 6 rings (SSSR count). The van der Waals surface area contributed by atoms with Crippen molar-refractivity contribution in [2.24, 2.45) is 29.1 Å². The summed E-state index contributed by atoms with van der Waals surface area (Å²) in [5.74, 6) is -0.135. The Hall–Kier alpha value is -1.73. The SMILES string of the molecule is CC1C/C=C/[C@H]2[C@@H]3O[C@]3(C)C(C)[C@H]3[C@H](Cc4ccccc4)NC(=O)[C@@]23[C@@H](O)[C@H]2O[C@H]2[C@](C)(O)C1. The van der Waals surface area contributed by atoms with Crippen LogP contribution in [0.5, 0.6) is 0 Å². The minimum atomic E-state index is -1.06. The Morgan fingerprint density at radius 2 is 1.88 bits per heavy atom. The first-order valence-corrected chi connectivity index (χ1v) is 12.9. The number of amides is 1. The molecular weight excluding hydrogens is 430 g/mol. The topological polar surface area (TPSA) is 94.6 Å². The summed E-state index contributed by atoms with van der Waals surface area (Å²) < 4.78 is 12.3. The summed E-state index contributed by atoms with van der Waals surface area (Å²) in [6, 6.07) is 10.1. The van der Waals surface area contributed by atoms with Crippen LogP contribution in [0.3, 0.4) is 0 Å². The minimum Gasteiger partial charge on any atom is -0.389 e. The fourth-order valence-electron chi connectivity index (χ4n) is 7.98. The number of allylic oxidation sites excluding steroid dienone is 1. The molecule has 2 unspecified atom stereocenters. The number of benzene rings is 1. The van der Waals surface area contributed by atoms with E-state index >= 15 is 0 Å². The average Bonchev–Trinajstić information content (AvgIpc) is 3.68. The summed E-state index contributed by atoms with van der Waals surface area (Å²) in [6.07, 6.45) is 4.21. The molecule has 0 bridgehead atoms. The standard InChI is InChI=1S/C28H37NO5/c1-15-9-8-12-18-23-27(4,34-23)16(2)20-19(13-17-10-6-5-7-11-17)29-25(31)28(18,20)22(30)21-24(33-21)26(3,32)14-15/h5-8,10-12,15-16,18-24,30,32H,9,13-14H2,1-4H3,(H,29,31)/b12-8+/t15?,16?,18-,19-,20-,21+,22-,23-,24+,26+,27+,28-/m0/s1. The van der Waals surface area contributed by atoms with E-state index in [-0.39, 0.29) is 47.3 Å². The first-order valence-electron chi connectivity index (χ1n) is 12.9. The normalized spacial score (nSPS) is 54.4. The van der Waals surface area contributed by atoms with Gasteiger partial charge in [0, 0.05) is 17.9 Å². The Balaban J connectivity index is 1.46. The summed E-state index contributed by atoms with van der Waals surface area (Å²) in [7, 11) is 0. The zero-order chi connectivity index (χ0) is 24.0. The maximum atomic E-state index is 14.1. The second-order valence-electron chi connectivity index (χ2n) is 12.1. The molecule has 1 amide bonds. The van der Waals surface area contributed by atoms with Gasteiger partial charge in [-0.15, -0.1) is 0 Å². The predicted molar refractivity (Wildman–Crippen MR) is 127 cm³/mol. The molecule has 0 aromatic heterocycles. The molecule has 2 aliphatic carbocycles. The van der Waals surface area contributed by atoms with Gasteiger partial charge in [0.1, 0.15) is 12.2 Å². The van der Waals surface area contributed by atoms with E-state index in [9.17, 15) is 15.0 Å². The van der Waals surface area contributed by atoms with Crippen molar-refractivity contribution in [3.8, 4) is 0 Å². The van der Waals surface area contributed by atoms with E-state index in [1.54, 1.807) is 6.92 Å². The molecule has 3 heterocycles. The van der Waals surface area contributed by atoms with Crippen molar-refractivity contribution in [3.05, 3.63) is 48.0 Å². The third-order valence-corrected chi connectivity index (χ3v) is 9.79. The molecule has 1 aromatic carbocycles. The zero-order valence-electron chi connectivity index (χ0n) is 20.5. The Morgan fingerprint density at radius 3 is 2.62 bits per heavy atom. The van der Waals surface area contributed by atoms with Crippen LogP contribution < -0.4 is 5.32 Å². The Kier molecular flexibility index (Phi) is 4.94. The number of ether oxygens (including phenoxy) is 2. The van der Waals surface area contributed by atoms with Crippen LogP contribution in [0.25, 0.3) is 0 Å². The smallest absolute Gasteiger partial charge is 0.230 e. The average molecular weight is 468 g/mol. The second kappa shape index (κ2) is 7.39. The van der Waals surface area contributed by atoms with Crippen molar-refractivity contribution >= 4 is 5.91 Å². The van der Waals surface area contributed by atoms with E-state index in [1.165, 1.54) is 0 Å². The molecule has 3 saturated heterocycles. The zero-order valence-corrected chi connectivity index (χ0v) is 20.5. The molecule has 6 nitrogen and oxygen atoms in total. The lowest BCUT2D eigenvalue weighted by atomic mass is 9.50. The van der Waals surface area contributed by atoms with Crippen LogP contribution in [0.2, 0.25) is 0 Å². The lowest BCUT2D eigenvalue weighted by Gasteiger charge is -2.49. The summed E-state index contributed by atoms with van der Waals surface area (Å²) >= 11 is 0. The number of fused-ring (bicyclic) bond motifs is 3. The molecule has 6 heteroatoms. The maximum Gasteiger partial charge on any atom is 0.230 e. The van der Waals surface area contributed by atoms with Gasteiger partial charge in [0.25, 0.3) is 0 Å². The van der Waals surface area contributed by atoms with Crippen molar-refractivity contribution in [2.75, 3.05) is 0 Å². The molecule has 5 aliphatic rings. The Labute approximate surface area is 201 Å². The number of epoxide rings is 2. The van der Waals surface area contributed by atoms with E-state index in [0.717, 1.165) is 12.0 Å². The van der Waals surface area contributed by atoms with Gasteiger partial charge in [0.05, 0.1) is 28.8 Å². The molecule has 12 atom stereocenters. The molecule has 184 valence electrons. The Bertz CT molecular complexity index is 1010. The van der Waals surface area contributed by atoms with E-state index in [4.69, 9.17) is 9.47 Å². The molecule has 3 N–H and O–H groups in total. The van der Waals surface area contributed by atoms with Gasteiger partial charge in [-0.25, -0.2) is 0 Å². The number of aliphatic hydroxyl groups is 2. The molecule has 1 aromatic rings. The number of carbonyl (C=O) groups is 1. The highest BCUT2D eigenvalue weighted by Gasteiger charge is 2.80. The Morgan fingerprint density at radius 1 is 1.15 bits per heavy atom. The van der Waals surface area contributed by atoms with Gasteiger partial charge >= 0.3 is 0 Å². The van der Waals surface area contributed by atoms with Crippen molar-refractivity contribution in [3.63, 3.8) is 0 Å². The van der Waals surface area contributed by atoms with Gasteiger partial charge in [0.2, 0.25) is 5.91 Å². The number of carbonyl (C=O) groups excluding carboxylic acids is 1. The van der Waals surface area contributed by atoms with Crippen LogP contribution in [0.4, 0.5) is 0 Å². The molecule has 4 fully saturated rings. The molecule has 3 aliphatic heterocycles. The van der Waals surface area contributed by atoms with Crippen molar-refractivity contribution in [2.45, 2.75) is 88.6 Å². The highest BCUT2D eigenvalue weighted by atomic mass is 16.6. The number of hydrogen-bond acceptors (Lipinski definition) is 5. The van der Waals surface area contributed by atoms with Gasteiger partial charge in [-0.05, 0) is 50.5 Å². The second-order valence-corrected chi connectivity index (χ2v) is 12.1. The van der Waals surface area contributed by atoms with Crippen LogP contribution in [-0.2, 0) is 20.7 Å². The molecule has 34 heavy (non-hydrogen) atoms. The van der Waals surface area contributed by atoms with E-state index in [1.807, 2.05) is 18.2 Å². The number of hydrogen-bond donors (Lipinski definition) is 3. The monoisotopic (exact) mass is 467 g/mol. The van der Waals surface area contributed by atoms with Crippen molar-refractivity contribution in [1.29, 1.82) is 0 Å². The molecule has 1 spiro atoms. The highest BCUT2D eigenvalue weighted by Crippen LogP contribution is 2.68. The molecule has 0 radical (unpaired) electrons. The lowest BCUT2D eigenvalue weighted by molar-refractivity contribution is -0.148. The van der Waals surface area contributed by atoms with Crippen LogP contribution in [0.15, 0.2) is 42.5 Å². The fraction of sp³-hybridized carbons (Fsp3) is 0.679. The maximum absolute atomic E-state index is 14.1. The first-order chi connectivity index (χ1) is 16.1. The van der Waals surface area contributed by atoms with Gasteiger partial charge in [-0.3, -0.25) is 4.79 Å². The number of rotatable bonds is 2. The van der Waals surface area contributed by atoms with Gasteiger partial charge in [0.15, 0.2) is 0 Å². The summed E-state index contributed by atoms with van der Waals surface area (Å²) in [5.41, 5.74) is -1.25. The highest BCUT2D eigenvalue weighted by molar-refractivity contribution is 5.88. The first kappa shape index (κ1) is 22.7. The van der Waals surface area contributed by atoms with Crippen molar-refractivity contribution in [1.82, 2.24) is 5.32 Å². The van der Waals surface area contributed by atoms with Gasteiger partial charge in [-0.1, -0.05) is 56.3 Å². The van der Waals surface area contributed by atoms with Crippen LogP contribution in [-0.4, -0.2) is 57.8 Å². The summed E-state index contributed by atoms with van der Waals surface area (Å²) in [4.78, 5) is 14.1. The number of aliphatic hydroxyl groups excluding tert-OH is 1. The van der Waals surface area contributed by atoms with Crippen LogP contribution in [0.1, 0.15) is 46.1 Å². The van der Waals surface area contributed by atoms with Crippen LogP contribution >= 0.6 is 0 Å². The quantitative estimate of drug-likeness (QED) is 0.459. The lowest BCUT2D eigenvalue weighted by Crippen LogP contribution is -2.61. The number of nitrogens with one attached hydrogen (secondary N) is 1. The van der Waals surface area contributed by atoms with Crippen LogP contribution in [0, 0.1) is 29.1 Å². The third-order valence-electron chi connectivity index (χ3n) is 9.79. The van der Waals surface area contributed by atoms with E-state index in [0.29, 0.717) is 12.8 Å².